The highest BCUT2D eigenvalue weighted by Crippen LogP contribution is 2.36. The Balaban J connectivity index is 1.66. The van der Waals surface area contributed by atoms with Gasteiger partial charge in [-0.15, -0.1) is 0 Å². The Morgan fingerprint density at radius 1 is 1.23 bits per heavy atom. The molecule has 0 saturated heterocycles. The van der Waals surface area contributed by atoms with Crippen LogP contribution in [0.1, 0.15) is 50.5 Å². The lowest BCUT2D eigenvalue weighted by Crippen LogP contribution is -2.10. The summed E-state index contributed by atoms with van der Waals surface area (Å²) in [6.45, 7) is 2.17. The Labute approximate surface area is 160 Å². The van der Waals surface area contributed by atoms with Gasteiger partial charge >= 0.3 is 5.97 Å². The molecule has 4 nitrogen and oxygen atoms in total. The topological polar surface area (TPSA) is 55.8 Å². The molecule has 1 aliphatic heterocycles. The van der Waals surface area contributed by atoms with Crippen molar-refractivity contribution in [3.63, 3.8) is 0 Å². The van der Waals surface area contributed by atoms with Gasteiger partial charge < -0.3 is 14.6 Å². The molecule has 0 unspecified atom stereocenters. The minimum atomic E-state index is -0.816. The van der Waals surface area contributed by atoms with Gasteiger partial charge in [0.1, 0.15) is 12.4 Å². The molecule has 3 rings (SSSR count). The molecule has 0 bridgehead atoms. The maximum Gasteiger partial charge on any atom is 0.303 e. The van der Waals surface area contributed by atoms with Gasteiger partial charge in [-0.1, -0.05) is 36.1 Å². The van der Waals surface area contributed by atoms with E-state index in [4.69, 9.17) is 26.2 Å². The van der Waals surface area contributed by atoms with Crippen LogP contribution in [-0.4, -0.2) is 30.9 Å². The molecule has 0 spiro atoms. The number of benzene rings is 1. The fraction of sp³-hybridized carbons (Fsp3) is 0.571. The van der Waals surface area contributed by atoms with Gasteiger partial charge in [-0.3, -0.25) is 4.79 Å². The lowest BCUT2D eigenvalue weighted by molar-refractivity contribution is -0.136. The van der Waals surface area contributed by atoms with Gasteiger partial charge in [0, 0.05) is 11.4 Å². The van der Waals surface area contributed by atoms with E-state index in [1.165, 1.54) is 31.3 Å². The number of aliphatic carboxylic acids is 1. The first-order valence-corrected chi connectivity index (χ1v) is 9.93. The van der Waals surface area contributed by atoms with Crippen molar-refractivity contribution in [2.45, 2.75) is 51.4 Å². The van der Waals surface area contributed by atoms with Gasteiger partial charge in [-0.2, -0.15) is 0 Å². The first-order chi connectivity index (χ1) is 12.6. The van der Waals surface area contributed by atoms with E-state index in [0.29, 0.717) is 24.0 Å². The highest BCUT2D eigenvalue weighted by Gasteiger charge is 2.23. The fourth-order valence-corrected chi connectivity index (χ4v) is 4.25. The average Bonchev–Trinajstić information content (AvgIpc) is 3.05. The third-order valence-corrected chi connectivity index (χ3v) is 5.76. The summed E-state index contributed by atoms with van der Waals surface area (Å²) in [5.41, 5.74) is 3.79. The number of halogens is 1. The molecule has 1 heterocycles. The average molecular weight is 379 g/mol. The molecule has 1 saturated carbocycles. The highest BCUT2D eigenvalue weighted by atomic mass is 35.5. The number of carboxylic acid groups (broad SMARTS) is 1. The molecule has 1 aromatic rings. The smallest absolute Gasteiger partial charge is 0.303 e. The summed E-state index contributed by atoms with van der Waals surface area (Å²) in [4.78, 5) is 10.7. The monoisotopic (exact) mass is 378 g/mol. The van der Waals surface area contributed by atoms with Gasteiger partial charge in [0.15, 0.2) is 0 Å². The maximum atomic E-state index is 10.7. The zero-order valence-electron chi connectivity index (χ0n) is 15.1. The summed E-state index contributed by atoms with van der Waals surface area (Å²) in [5.74, 6) is 0.623. The van der Waals surface area contributed by atoms with E-state index in [9.17, 15) is 4.79 Å². The summed E-state index contributed by atoms with van der Waals surface area (Å²) in [6, 6.07) is 5.54. The third-order valence-electron chi connectivity index (χ3n) is 5.41. The largest absolute Gasteiger partial charge is 0.489 e. The molecule has 5 heteroatoms. The SMILES string of the molecule is O=C(O)CCc1ccc(OCC2=C(C3CCCC3)CCOCC2)cc1Cl. The van der Waals surface area contributed by atoms with Crippen LogP contribution in [0.4, 0.5) is 0 Å². The molecular weight excluding hydrogens is 352 g/mol. The number of carboxylic acids is 1. The number of ether oxygens (including phenoxy) is 2. The molecule has 2 aliphatic rings. The van der Waals surface area contributed by atoms with Crippen LogP contribution >= 0.6 is 11.6 Å². The van der Waals surface area contributed by atoms with Crippen LogP contribution in [0.15, 0.2) is 29.3 Å². The van der Waals surface area contributed by atoms with Crippen molar-refractivity contribution < 1.29 is 19.4 Å². The van der Waals surface area contributed by atoms with Gasteiger partial charge in [0.2, 0.25) is 0 Å². The molecule has 0 aromatic heterocycles. The second-order valence-electron chi connectivity index (χ2n) is 7.16. The van der Waals surface area contributed by atoms with Crippen LogP contribution < -0.4 is 4.74 Å². The normalized spacial score (nSPS) is 18.8. The predicted molar refractivity (Wildman–Crippen MR) is 102 cm³/mol. The Kier molecular flexibility index (Phi) is 6.98. The van der Waals surface area contributed by atoms with Crippen molar-refractivity contribution in [1.29, 1.82) is 0 Å². The Morgan fingerprint density at radius 2 is 2.00 bits per heavy atom. The third kappa shape index (κ3) is 5.24. The fourth-order valence-electron chi connectivity index (χ4n) is 3.98. The minimum Gasteiger partial charge on any atom is -0.489 e. The van der Waals surface area contributed by atoms with Crippen LogP contribution in [-0.2, 0) is 16.0 Å². The standard InChI is InChI=1S/C21H27ClO4/c22-20-13-18(7-5-16(20)6-8-21(23)24)26-14-17-9-11-25-12-10-19(17)15-3-1-2-4-15/h5,7,13,15H,1-4,6,8-12,14H2,(H,23,24). The number of hydrogen-bond acceptors (Lipinski definition) is 3. The lowest BCUT2D eigenvalue weighted by Gasteiger charge is -2.19. The molecule has 0 atom stereocenters. The Morgan fingerprint density at radius 3 is 2.73 bits per heavy atom. The van der Waals surface area contributed by atoms with E-state index in [-0.39, 0.29) is 6.42 Å². The summed E-state index contributed by atoms with van der Waals surface area (Å²) < 4.78 is 11.7. The van der Waals surface area contributed by atoms with Gasteiger partial charge in [-0.25, -0.2) is 0 Å². The zero-order valence-corrected chi connectivity index (χ0v) is 15.9. The van der Waals surface area contributed by atoms with Gasteiger partial charge in [0.25, 0.3) is 0 Å². The number of carbonyl (C=O) groups is 1. The zero-order chi connectivity index (χ0) is 18.4. The molecule has 26 heavy (non-hydrogen) atoms. The number of aryl methyl sites for hydroxylation is 1. The summed E-state index contributed by atoms with van der Waals surface area (Å²) in [5, 5.41) is 9.37. The van der Waals surface area contributed by atoms with E-state index in [0.717, 1.165) is 37.4 Å². The van der Waals surface area contributed by atoms with E-state index in [1.807, 2.05) is 12.1 Å². The lowest BCUT2D eigenvalue weighted by atomic mass is 9.90. The van der Waals surface area contributed by atoms with Crippen LogP contribution in [0.3, 0.4) is 0 Å². The van der Waals surface area contributed by atoms with Gasteiger partial charge in [0.05, 0.1) is 13.2 Å². The molecular formula is C21H27ClO4. The molecule has 1 aliphatic carbocycles. The quantitative estimate of drug-likeness (QED) is 0.676. The van der Waals surface area contributed by atoms with Crippen LogP contribution in [0.5, 0.6) is 5.75 Å². The summed E-state index contributed by atoms with van der Waals surface area (Å²) in [6.07, 6.45) is 7.73. The number of hydrogen-bond donors (Lipinski definition) is 1. The van der Waals surface area contributed by atoms with Crippen molar-refractivity contribution in [3.05, 3.63) is 39.9 Å². The molecule has 1 fully saturated rings. The Bertz CT molecular complexity index is 662. The molecule has 0 amide bonds. The second-order valence-corrected chi connectivity index (χ2v) is 7.57. The van der Waals surface area contributed by atoms with E-state index in [2.05, 4.69) is 0 Å². The van der Waals surface area contributed by atoms with Crippen molar-refractivity contribution >= 4 is 17.6 Å². The van der Waals surface area contributed by atoms with Crippen LogP contribution in [0.25, 0.3) is 0 Å². The predicted octanol–water partition coefficient (Wildman–Crippen LogP) is 5.03. The van der Waals surface area contributed by atoms with E-state index in [1.54, 1.807) is 11.6 Å². The molecule has 1 aromatic carbocycles. The van der Waals surface area contributed by atoms with Crippen molar-refractivity contribution in [3.8, 4) is 5.75 Å². The van der Waals surface area contributed by atoms with E-state index < -0.39 is 5.97 Å². The van der Waals surface area contributed by atoms with Crippen molar-refractivity contribution in [1.82, 2.24) is 0 Å². The van der Waals surface area contributed by atoms with Crippen LogP contribution in [0, 0.1) is 5.92 Å². The van der Waals surface area contributed by atoms with Crippen molar-refractivity contribution in [2.24, 2.45) is 5.92 Å². The molecule has 0 radical (unpaired) electrons. The second kappa shape index (κ2) is 9.43. The van der Waals surface area contributed by atoms with Crippen molar-refractivity contribution in [2.75, 3.05) is 19.8 Å². The minimum absolute atomic E-state index is 0.0809. The number of rotatable bonds is 7. The maximum absolute atomic E-state index is 10.7. The Hall–Kier alpha value is -1.52. The van der Waals surface area contributed by atoms with Crippen LogP contribution in [0.2, 0.25) is 5.02 Å². The first kappa shape index (κ1) is 19.2. The summed E-state index contributed by atoms with van der Waals surface area (Å²) in [7, 11) is 0. The molecule has 1 N–H and O–H groups in total. The first-order valence-electron chi connectivity index (χ1n) is 9.55. The highest BCUT2D eigenvalue weighted by molar-refractivity contribution is 6.31. The van der Waals surface area contributed by atoms with E-state index >= 15 is 0 Å². The summed E-state index contributed by atoms with van der Waals surface area (Å²) >= 11 is 6.29. The van der Waals surface area contributed by atoms with Gasteiger partial charge in [-0.05, 0) is 61.3 Å². The molecule has 142 valence electrons.